The highest BCUT2D eigenvalue weighted by molar-refractivity contribution is 6.20. The number of barbiturate groups is 1. The molecule has 0 aliphatic carbocycles. The Balaban J connectivity index is 3.38. The van der Waals surface area contributed by atoms with Crippen molar-refractivity contribution in [1.82, 2.24) is 9.80 Å². The van der Waals surface area contributed by atoms with Crippen LogP contribution in [0.1, 0.15) is 20.3 Å². The molecule has 1 heterocycles. The molecule has 7 heteroatoms. The first-order valence-corrected chi connectivity index (χ1v) is 5.48. The minimum Gasteiger partial charge on any atom is -0.481 e. The van der Waals surface area contributed by atoms with E-state index in [-0.39, 0.29) is 0 Å². The van der Waals surface area contributed by atoms with Gasteiger partial charge < -0.3 is 5.11 Å². The molecule has 0 radical (unpaired) electrons. The fourth-order valence-electron chi connectivity index (χ4n) is 2.18. The monoisotopic (exact) mass is 256 g/mol. The van der Waals surface area contributed by atoms with Gasteiger partial charge in [-0.05, 0) is 5.92 Å². The fraction of sp³-hybridized carbons (Fsp3) is 0.636. The van der Waals surface area contributed by atoms with E-state index < -0.39 is 41.6 Å². The van der Waals surface area contributed by atoms with Crippen molar-refractivity contribution >= 4 is 23.8 Å². The molecule has 1 rings (SSSR count). The van der Waals surface area contributed by atoms with E-state index in [0.717, 1.165) is 9.80 Å². The zero-order chi connectivity index (χ0) is 14.2. The van der Waals surface area contributed by atoms with E-state index >= 15 is 0 Å². The molecule has 1 aliphatic heterocycles. The Bertz CT molecular complexity index is 405. The normalized spacial score (nSPS) is 19.7. The lowest BCUT2D eigenvalue weighted by molar-refractivity contribution is -0.166. The predicted octanol–water partition coefficient (Wildman–Crippen LogP) is 0.154. The van der Waals surface area contributed by atoms with Crippen molar-refractivity contribution in [2.24, 2.45) is 11.3 Å². The minimum atomic E-state index is -1.71. The summed E-state index contributed by atoms with van der Waals surface area (Å²) in [6.07, 6.45) is -0.621. The molecule has 0 aromatic carbocycles. The van der Waals surface area contributed by atoms with Crippen LogP contribution in [0.5, 0.6) is 0 Å². The summed E-state index contributed by atoms with van der Waals surface area (Å²) in [7, 11) is 2.49. The highest BCUT2D eigenvalue weighted by atomic mass is 16.4. The molecule has 0 unspecified atom stereocenters. The third kappa shape index (κ3) is 1.75. The van der Waals surface area contributed by atoms with Crippen molar-refractivity contribution in [2.75, 3.05) is 14.1 Å². The van der Waals surface area contributed by atoms with Crippen molar-refractivity contribution in [3.8, 4) is 0 Å². The molecule has 4 amide bonds. The quantitative estimate of drug-likeness (QED) is 0.725. The summed E-state index contributed by atoms with van der Waals surface area (Å²) < 4.78 is 0. The number of aliphatic carboxylic acids is 1. The second-order valence-electron chi connectivity index (χ2n) is 4.71. The van der Waals surface area contributed by atoms with Crippen molar-refractivity contribution < 1.29 is 24.3 Å². The molecular formula is C11H16N2O5. The van der Waals surface area contributed by atoms with E-state index in [1.807, 2.05) is 0 Å². The van der Waals surface area contributed by atoms with Gasteiger partial charge in [0.15, 0.2) is 0 Å². The number of hydrogen-bond acceptors (Lipinski definition) is 4. The molecule has 1 saturated heterocycles. The molecule has 0 aromatic heterocycles. The van der Waals surface area contributed by atoms with Gasteiger partial charge in [0.2, 0.25) is 11.8 Å². The first kappa shape index (κ1) is 14.1. The van der Waals surface area contributed by atoms with Crippen LogP contribution in [0.15, 0.2) is 0 Å². The third-order valence-corrected chi connectivity index (χ3v) is 3.36. The summed E-state index contributed by atoms with van der Waals surface area (Å²) in [6, 6.07) is -0.744. The van der Waals surface area contributed by atoms with Gasteiger partial charge >= 0.3 is 12.0 Å². The molecule has 7 nitrogen and oxygen atoms in total. The van der Waals surface area contributed by atoms with E-state index in [4.69, 9.17) is 5.11 Å². The van der Waals surface area contributed by atoms with E-state index in [9.17, 15) is 19.2 Å². The van der Waals surface area contributed by atoms with Gasteiger partial charge in [-0.3, -0.25) is 24.2 Å². The Labute approximate surface area is 104 Å². The molecular weight excluding hydrogens is 240 g/mol. The van der Waals surface area contributed by atoms with Crippen LogP contribution in [-0.4, -0.2) is 52.8 Å². The summed E-state index contributed by atoms with van der Waals surface area (Å²) in [5, 5.41) is 8.93. The van der Waals surface area contributed by atoms with E-state index in [0.29, 0.717) is 0 Å². The number of amides is 4. The number of carbonyl (C=O) groups excluding carboxylic acids is 3. The van der Waals surface area contributed by atoms with Crippen LogP contribution in [0, 0.1) is 11.3 Å². The van der Waals surface area contributed by atoms with Crippen LogP contribution in [0.25, 0.3) is 0 Å². The number of rotatable bonds is 3. The van der Waals surface area contributed by atoms with Gasteiger partial charge in [-0.25, -0.2) is 4.79 Å². The molecule has 1 aliphatic rings. The van der Waals surface area contributed by atoms with Gasteiger partial charge in [-0.15, -0.1) is 0 Å². The molecule has 0 bridgehead atoms. The van der Waals surface area contributed by atoms with E-state index in [1.54, 1.807) is 13.8 Å². The molecule has 0 atom stereocenters. The predicted molar refractivity (Wildman–Crippen MR) is 60.5 cm³/mol. The molecule has 100 valence electrons. The standard InChI is InChI=1S/C11H16N2O5/c1-6(2)11(5-7(14)15)8(16)12(3)10(18)13(4)9(11)17/h6H,5H2,1-4H3,(H,14,15). The van der Waals surface area contributed by atoms with Crippen LogP contribution in [0.4, 0.5) is 4.79 Å². The van der Waals surface area contributed by atoms with Crippen molar-refractivity contribution in [3.63, 3.8) is 0 Å². The summed E-state index contributed by atoms with van der Waals surface area (Å²) >= 11 is 0. The topological polar surface area (TPSA) is 95.0 Å². The van der Waals surface area contributed by atoms with Crippen molar-refractivity contribution in [2.45, 2.75) is 20.3 Å². The maximum absolute atomic E-state index is 12.2. The Morgan fingerprint density at radius 2 is 1.56 bits per heavy atom. The molecule has 0 aromatic rings. The van der Waals surface area contributed by atoms with E-state index in [2.05, 4.69) is 0 Å². The number of hydrogen-bond donors (Lipinski definition) is 1. The van der Waals surface area contributed by atoms with Crippen LogP contribution in [-0.2, 0) is 14.4 Å². The van der Waals surface area contributed by atoms with Gasteiger partial charge in [-0.2, -0.15) is 0 Å². The fourth-order valence-corrected chi connectivity index (χ4v) is 2.18. The highest BCUT2D eigenvalue weighted by Crippen LogP contribution is 2.38. The highest BCUT2D eigenvalue weighted by Gasteiger charge is 2.58. The number of carboxylic acids is 1. The minimum absolute atomic E-state index is 0.522. The van der Waals surface area contributed by atoms with Crippen LogP contribution in [0.2, 0.25) is 0 Å². The lowest BCUT2D eigenvalue weighted by Crippen LogP contribution is -2.65. The summed E-state index contributed by atoms with van der Waals surface area (Å²) in [4.78, 5) is 48.5. The van der Waals surface area contributed by atoms with Crippen LogP contribution < -0.4 is 0 Å². The Kier molecular flexibility index (Phi) is 3.45. The first-order valence-electron chi connectivity index (χ1n) is 5.48. The van der Waals surface area contributed by atoms with E-state index in [1.165, 1.54) is 14.1 Å². The molecule has 0 saturated carbocycles. The second kappa shape index (κ2) is 4.40. The zero-order valence-corrected chi connectivity index (χ0v) is 10.8. The zero-order valence-electron chi connectivity index (χ0n) is 10.8. The Morgan fingerprint density at radius 1 is 1.17 bits per heavy atom. The maximum Gasteiger partial charge on any atom is 0.332 e. The summed E-state index contributed by atoms with van der Waals surface area (Å²) in [5.41, 5.74) is -1.71. The second-order valence-corrected chi connectivity index (χ2v) is 4.71. The third-order valence-electron chi connectivity index (χ3n) is 3.36. The molecule has 0 spiro atoms. The van der Waals surface area contributed by atoms with Gasteiger partial charge in [0.1, 0.15) is 5.41 Å². The lowest BCUT2D eigenvalue weighted by Gasteiger charge is -2.43. The molecule has 1 N–H and O–H groups in total. The number of carbonyl (C=O) groups is 4. The molecule has 18 heavy (non-hydrogen) atoms. The summed E-state index contributed by atoms with van der Waals surface area (Å²) in [5.74, 6) is -3.28. The van der Waals surface area contributed by atoms with Gasteiger partial charge in [0, 0.05) is 14.1 Å². The lowest BCUT2D eigenvalue weighted by atomic mass is 9.71. The number of nitrogens with zero attached hydrogens (tertiary/aromatic N) is 2. The van der Waals surface area contributed by atoms with Gasteiger partial charge in [-0.1, -0.05) is 13.8 Å². The number of carboxylic acid groups (broad SMARTS) is 1. The maximum atomic E-state index is 12.2. The average Bonchev–Trinajstić information content (AvgIpc) is 2.29. The SMILES string of the molecule is CC(C)C1(CC(=O)O)C(=O)N(C)C(=O)N(C)C1=O. The Hall–Kier alpha value is -1.92. The van der Waals surface area contributed by atoms with Gasteiger partial charge in [0.25, 0.3) is 0 Å². The number of urea groups is 1. The smallest absolute Gasteiger partial charge is 0.332 e. The molecule has 1 fully saturated rings. The van der Waals surface area contributed by atoms with Crippen molar-refractivity contribution in [1.29, 1.82) is 0 Å². The summed E-state index contributed by atoms with van der Waals surface area (Å²) in [6.45, 7) is 3.19. The Morgan fingerprint density at radius 3 is 1.83 bits per heavy atom. The van der Waals surface area contributed by atoms with Crippen LogP contribution >= 0.6 is 0 Å². The first-order chi connectivity index (χ1) is 8.16. The van der Waals surface area contributed by atoms with Crippen LogP contribution in [0.3, 0.4) is 0 Å². The largest absolute Gasteiger partial charge is 0.481 e. The average molecular weight is 256 g/mol. The number of imide groups is 2. The van der Waals surface area contributed by atoms with Gasteiger partial charge in [0.05, 0.1) is 6.42 Å². The van der Waals surface area contributed by atoms with Crippen molar-refractivity contribution in [3.05, 3.63) is 0 Å².